The summed E-state index contributed by atoms with van der Waals surface area (Å²) >= 11 is 0. The van der Waals surface area contributed by atoms with Crippen LogP contribution in [0.4, 0.5) is 4.79 Å². The Morgan fingerprint density at radius 1 is 1.13 bits per heavy atom. The molecular formula is C23H23N3O4. The van der Waals surface area contributed by atoms with E-state index in [-0.39, 0.29) is 18.9 Å². The lowest BCUT2D eigenvalue weighted by molar-refractivity contribution is -0.137. The van der Waals surface area contributed by atoms with Gasteiger partial charge in [0.15, 0.2) is 0 Å². The number of ether oxygens (including phenoxy) is 1. The Hall–Kier alpha value is -3.61. The molecule has 7 heteroatoms. The van der Waals surface area contributed by atoms with E-state index in [2.05, 4.69) is 22.4 Å². The smallest absolute Gasteiger partial charge is 0.407 e. The molecule has 30 heavy (non-hydrogen) atoms. The van der Waals surface area contributed by atoms with Crippen LogP contribution in [0.1, 0.15) is 42.1 Å². The Morgan fingerprint density at radius 2 is 1.77 bits per heavy atom. The van der Waals surface area contributed by atoms with Gasteiger partial charge in [-0.1, -0.05) is 48.5 Å². The highest BCUT2D eigenvalue weighted by Gasteiger charge is 2.29. The minimum absolute atomic E-state index is 0.0535. The van der Waals surface area contributed by atoms with Crippen LogP contribution in [0.25, 0.3) is 11.1 Å². The van der Waals surface area contributed by atoms with Crippen LogP contribution in [0.5, 0.6) is 0 Å². The second-order valence-corrected chi connectivity index (χ2v) is 7.22. The molecule has 2 N–H and O–H groups in total. The average Bonchev–Trinajstić information content (AvgIpc) is 3.34. The average molecular weight is 405 g/mol. The van der Waals surface area contributed by atoms with Crippen molar-refractivity contribution in [3.63, 3.8) is 0 Å². The van der Waals surface area contributed by atoms with Gasteiger partial charge in [0.1, 0.15) is 6.61 Å². The first kappa shape index (κ1) is 19.7. The summed E-state index contributed by atoms with van der Waals surface area (Å²) in [6.07, 6.45) is 2.28. The number of carbonyl (C=O) groups is 2. The monoisotopic (exact) mass is 405 g/mol. The fraction of sp³-hybridized carbons (Fsp3) is 0.261. The second kappa shape index (κ2) is 8.41. The number of carboxylic acids is 1. The predicted molar refractivity (Wildman–Crippen MR) is 111 cm³/mol. The topological polar surface area (TPSA) is 93.5 Å². The number of amides is 1. The van der Waals surface area contributed by atoms with Crippen molar-refractivity contribution in [1.82, 2.24) is 14.9 Å². The molecule has 154 valence electrons. The molecule has 1 aliphatic carbocycles. The fourth-order valence-corrected chi connectivity index (χ4v) is 4.07. The summed E-state index contributed by atoms with van der Waals surface area (Å²) in [4.78, 5) is 27.9. The molecule has 7 nitrogen and oxygen atoms in total. The molecule has 1 amide bonds. The van der Waals surface area contributed by atoms with Crippen molar-refractivity contribution in [2.45, 2.75) is 31.8 Å². The standard InChI is InChI=1S/C23H23N3O4/c1-2-26-14-24-12-21(26)20(11-22(27)28)25-23(29)30-13-19-17-9-5-3-7-15(17)16-8-4-6-10-18(16)19/h3-10,12,14,19-20H,2,11,13H2,1H3,(H,25,29)(H,27,28). The maximum atomic E-state index is 12.6. The van der Waals surface area contributed by atoms with Crippen molar-refractivity contribution in [1.29, 1.82) is 0 Å². The van der Waals surface area contributed by atoms with Gasteiger partial charge in [0.25, 0.3) is 0 Å². The number of aliphatic carboxylic acids is 1. The Labute approximate surface area is 174 Å². The van der Waals surface area contributed by atoms with Gasteiger partial charge in [0, 0.05) is 12.5 Å². The molecule has 0 radical (unpaired) electrons. The number of rotatable bonds is 7. The van der Waals surface area contributed by atoms with Crippen LogP contribution >= 0.6 is 0 Å². The van der Waals surface area contributed by atoms with Crippen molar-refractivity contribution < 1.29 is 19.4 Å². The highest BCUT2D eigenvalue weighted by molar-refractivity contribution is 5.79. The largest absolute Gasteiger partial charge is 0.481 e. The number of fused-ring (bicyclic) bond motifs is 3. The van der Waals surface area contributed by atoms with Crippen molar-refractivity contribution >= 4 is 12.1 Å². The van der Waals surface area contributed by atoms with Gasteiger partial charge in [-0.25, -0.2) is 9.78 Å². The van der Waals surface area contributed by atoms with Crippen LogP contribution in [-0.4, -0.2) is 33.3 Å². The first-order valence-corrected chi connectivity index (χ1v) is 9.91. The summed E-state index contributed by atoms with van der Waals surface area (Å²) in [6.45, 7) is 2.72. The zero-order chi connectivity index (χ0) is 21.1. The first-order chi connectivity index (χ1) is 14.6. The van der Waals surface area contributed by atoms with Gasteiger partial charge in [0.2, 0.25) is 0 Å². The van der Waals surface area contributed by atoms with Crippen LogP contribution in [0.15, 0.2) is 61.1 Å². The highest BCUT2D eigenvalue weighted by Crippen LogP contribution is 2.44. The number of benzene rings is 2. The zero-order valence-electron chi connectivity index (χ0n) is 16.6. The van der Waals surface area contributed by atoms with E-state index in [0.717, 1.165) is 22.3 Å². The molecule has 0 saturated heterocycles. The number of aryl methyl sites for hydroxylation is 1. The van der Waals surface area contributed by atoms with Crippen LogP contribution < -0.4 is 5.32 Å². The quantitative estimate of drug-likeness (QED) is 0.621. The molecule has 4 rings (SSSR count). The third-order valence-corrected chi connectivity index (χ3v) is 5.46. The van der Waals surface area contributed by atoms with Crippen LogP contribution in [0.3, 0.4) is 0 Å². The fourth-order valence-electron chi connectivity index (χ4n) is 4.07. The zero-order valence-corrected chi connectivity index (χ0v) is 16.6. The maximum absolute atomic E-state index is 12.6. The molecule has 0 aliphatic heterocycles. The number of nitrogens with one attached hydrogen (secondary N) is 1. The van der Waals surface area contributed by atoms with Gasteiger partial charge in [-0.05, 0) is 29.2 Å². The Balaban J connectivity index is 1.48. The predicted octanol–water partition coefficient (Wildman–Crippen LogP) is 3.96. The van der Waals surface area contributed by atoms with Gasteiger partial charge in [-0.3, -0.25) is 4.79 Å². The minimum atomic E-state index is -1.01. The van der Waals surface area contributed by atoms with Crippen LogP contribution in [0, 0.1) is 0 Å². The summed E-state index contributed by atoms with van der Waals surface area (Å²) in [5, 5.41) is 12.0. The van der Waals surface area contributed by atoms with Crippen molar-refractivity contribution in [2.24, 2.45) is 0 Å². The van der Waals surface area contributed by atoms with E-state index in [1.165, 1.54) is 0 Å². The molecule has 1 unspecified atom stereocenters. The first-order valence-electron chi connectivity index (χ1n) is 9.91. The van der Waals surface area contributed by atoms with Crippen LogP contribution in [-0.2, 0) is 16.1 Å². The Bertz CT molecular complexity index is 1030. The van der Waals surface area contributed by atoms with Crippen molar-refractivity contribution in [2.75, 3.05) is 6.61 Å². The van der Waals surface area contributed by atoms with E-state index in [4.69, 9.17) is 4.74 Å². The SMILES string of the molecule is CCn1cncc1C(CC(=O)O)NC(=O)OCC1c2ccccc2-c2ccccc21. The number of imidazole rings is 1. The number of hydrogen-bond donors (Lipinski definition) is 2. The van der Waals surface area contributed by atoms with Crippen LogP contribution in [0.2, 0.25) is 0 Å². The molecule has 0 bridgehead atoms. The van der Waals surface area contributed by atoms with Gasteiger partial charge in [-0.15, -0.1) is 0 Å². The lowest BCUT2D eigenvalue weighted by Crippen LogP contribution is -2.32. The number of aromatic nitrogens is 2. The molecule has 0 fully saturated rings. The number of carbonyl (C=O) groups excluding carboxylic acids is 1. The normalized spacial score (nSPS) is 13.4. The molecule has 2 aromatic carbocycles. The lowest BCUT2D eigenvalue weighted by atomic mass is 9.98. The highest BCUT2D eigenvalue weighted by atomic mass is 16.5. The minimum Gasteiger partial charge on any atom is -0.481 e. The van der Waals surface area contributed by atoms with E-state index in [0.29, 0.717) is 12.2 Å². The van der Waals surface area contributed by atoms with E-state index in [1.54, 1.807) is 17.1 Å². The van der Waals surface area contributed by atoms with Crippen molar-refractivity contribution in [3.8, 4) is 11.1 Å². The van der Waals surface area contributed by atoms with Gasteiger partial charge < -0.3 is 19.7 Å². The summed E-state index contributed by atoms with van der Waals surface area (Å²) in [7, 11) is 0. The molecule has 1 aromatic heterocycles. The van der Waals surface area contributed by atoms with Crippen molar-refractivity contribution in [3.05, 3.63) is 77.9 Å². The molecule has 1 aliphatic rings. The van der Waals surface area contributed by atoms with Gasteiger partial charge in [0.05, 0.1) is 30.7 Å². The summed E-state index contributed by atoms with van der Waals surface area (Å²) in [5.41, 5.74) is 5.18. The maximum Gasteiger partial charge on any atom is 0.407 e. The van der Waals surface area contributed by atoms with E-state index in [1.807, 2.05) is 43.3 Å². The summed E-state index contributed by atoms with van der Waals surface area (Å²) in [6, 6.07) is 15.5. The molecular weight excluding hydrogens is 382 g/mol. The van der Waals surface area contributed by atoms with Gasteiger partial charge >= 0.3 is 12.1 Å². The third kappa shape index (κ3) is 3.78. The molecule has 3 aromatic rings. The van der Waals surface area contributed by atoms with Gasteiger partial charge in [-0.2, -0.15) is 0 Å². The molecule has 0 saturated carbocycles. The van der Waals surface area contributed by atoms with E-state index >= 15 is 0 Å². The Kier molecular flexibility index (Phi) is 5.52. The summed E-state index contributed by atoms with van der Waals surface area (Å²) in [5.74, 6) is -1.06. The molecule has 0 spiro atoms. The lowest BCUT2D eigenvalue weighted by Gasteiger charge is -2.19. The number of carboxylic acid groups (broad SMARTS) is 1. The molecule has 1 heterocycles. The summed E-state index contributed by atoms with van der Waals surface area (Å²) < 4.78 is 7.35. The molecule has 1 atom stereocenters. The second-order valence-electron chi connectivity index (χ2n) is 7.22. The number of alkyl carbamates (subject to hydrolysis) is 1. The Morgan fingerprint density at radius 3 is 2.37 bits per heavy atom. The third-order valence-electron chi connectivity index (χ3n) is 5.46. The number of hydrogen-bond acceptors (Lipinski definition) is 4. The van der Waals surface area contributed by atoms with E-state index in [9.17, 15) is 14.7 Å². The number of nitrogens with zero attached hydrogens (tertiary/aromatic N) is 2. The van der Waals surface area contributed by atoms with E-state index < -0.39 is 18.1 Å².